The maximum Gasteiger partial charge on any atom is 0.261 e. The minimum atomic E-state index is -0.399. The molecule has 0 aliphatic rings. The highest BCUT2D eigenvalue weighted by Crippen LogP contribution is 2.19. The van der Waals surface area contributed by atoms with Crippen LogP contribution in [-0.4, -0.2) is 41.8 Å². The van der Waals surface area contributed by atoms with Crippen molar-refractivity contribution in [3.05, 3.63) is 59.7 Å². The first-order valence-corrected chi connectivity index (χ1v) is 10.8. The number of nitrogens with one attached hydrogen (secondary N) is 3. The van der Waals surface area contributed by atoms with E-state index in [1.165, 1.54) is 0 Å². The number of ether oxygens (including phenoxy) is 1. The van der Waals surface area contributed by atoms with E-state index in [0.29, 0.717) is 29.2 Å². The van der Waals surface area contributed by atoms with E-state index >= 15 is 0 Å². The van der Waals surface area contributed by atoms with Gasteiger partial charge in [0.15, 0.2) is 5.11 Å². The average Bonchev–Trinajstić information content (AvgIpc) is 2.77. The molecule has 2 rings (SSSR count). The Morgan fingerprint density at radius 3 is 2.42 bits per heavy atom. The molecule has 8 heteroatoms. The minimum absolute atomic E-state index is 0.0603. The number of carbonyl (C=O) groups is 2. The van der Waals surface area contributed by atoms with Crippen LogP contribution in [0.2, 0.25) is 0 Å². The van der Waals surface area contributed by atoms with Crippen molar-refractivity contribution >= 4 is 34.8 Å². The summed E-state index contributed by atoms with van der Waals surface area (Å²) in [6.07, 6.45) is 4.32. The molecule has 0 aromatic heterocycles. The van der Waals surface area contributed by atoms with Crippen molar-refractivity contribution in [3.63, 3.8) is 0 Å². The van der Waals surface area contributed by atoms with Crippen LogP contribution < -0.4 is 20.7 Å². The van der Waals surface area contributed by atoms with Gasteiger partial charge in [-0.1, -0.05) is 50.5 Å². The Kier molecular flexibility index (Phi) is 10.5. The summed E-state index contributed by atoms with van der Waals surface area (Å²) < 4.78 is 5.79. The molecule has 0 radical (unpaired) electrons. The molecule has 0 aliphatic carbocycles. The summed E-state index contributed by atoms with van der Waals surface area (Å²) in [7, 11) is 0. The second-order valence-electron chi connectivity index (χ2n) is 6.84. The van der Waals surface area contributed by atoms with Crippen LogP contribution in [0.25, 0.3) is 0 Å². The van der Waals surface area contributed by atoms with Gasteiger partial charge in [-0.3, -0.25) is 14.9 Å². The van der Waals surface area contributed by atoms with E-state index in [1.807, 2.05) is 6.07 Å². The fourth-order valence-corrected chi connectivity index (χ4v) is 3.07. The lowest BCUT2D eigenvalue weighted by Gasteiger charge is -2.15. The van der Waals surface area contributed by atoms with Crippen molar-refractivity contribution in [2.24, 2.45) is 0 Å². The van der Waals surface area contributed by atoms with Crippen LogP contribution in [0.1, 0.15) is 53.3 Å². The molecule has 0 atom stereocenters. The highest BCUT2D eigenvalue weighted by molar-refractivity contribution is 7.80. The van der Waals surface area contributed by atoms with Gasteiger partial charge < -0.3 is 20.5 Å². The minimum Gasteiger partial charge on any atom is -0.493 e. The van der Waals surface area contributed by atoms with Crippen LogP contribution in [0.3, 0.4) is 0 Å². The van der Waals surface area contributed by atoms with Crippen LogP contribution in [0.4, 0.5) is 5.69 Å². The Hall–Kier alpha value is -2.97. The third-order valence-corrected chi connectivity index (χ3v) is 4.64. The molecule has 31 heavy (non-hydrogen) atoms. The van der Waals surface area contributed by atoms with Crippen LogP contribution in [-0.2, 0) is 0 Å². The van der Waals surface area contributed by atoms with Gasteiger partial charge in [0.2, 0.25) is 0 Å². The monoisotopic (exact) mass is 443 g/mol. The molecule has 0 spiro atoms. The van der Waals surface area contributed by atoms with Crippen LogP contribution >= 0.6 is 12.2 Å². The fraction of sp³-hybridized carbons (Fsp3) is 0.348. The first-order valence-electron chi connectivity index (χ1n) is 10.4. The number of rotatable bonds is 11. The molecular weight excluding hydrogens is 414 g/mol. The molecule has 0 unspecified atom stereocenters. The highest BCUT2D eigenvalue weighted by Gasteiger charge is 2.16. The molecule has 2 aromatic carbocycles. The van der Waals surface area contributed by atoms with Gasteiger partial charge in [0, 0.05) is 6.54 Å². The van der Waals surface area contributed by atoms with Gasteiger partial charge in [-0.25, -0.2) is 0 Å². The maximum absolute atomic E-state index is 12.7. The summed E-state index contributed by atoms with van der Waals surface area (Å²) >= 11 is 5.27. The molecule has 2 aromatic rings. The standard InChI is InChI=1S/C23H29N3O4S/c1-2-3-4-9-16-30-20-13-8-6-11-18(20)22(29)26-23(31)25-19-12-7-5-10-17(19)21(28)24-14-15-27/h5-8,10-13,27H,2-4,9,14-16H2,1H3,(H,24,28)(H2,25,26,29,31). The number of aliphatic hydroxyl groups excluding tert-OH is 1. The predicted molar refractivity (Wildman–Crippen MR) is 126 cm³/mol. The summed E-state index contributed by atoms with van der Waals surface area (Å²) in [5.41, 5.74) is 1.18. The van der Waals surface area contributed by atoms with Crippen molar-refractivity contribution in [2.45, 2.75) is 32.6 Å². The smallest absolute Gasteiger partial charge is 0.261 e. The number of thiocarbonyl (C=S) groups is 1. The van der Waals surface area contributed by atoms with E-state index in [9.17, 15) is 9.59 Å². The van der Waals surface area contributed by atoms with Crippen molar-refractivity contribution in [1.29, 1.82) is 0 Å². The number of unbranched alkanes of at least 4 members (excludes halogenated alkanes) is 3. The van der Waals surface area contributed by atoms with Crippen LogP contribution in [0.15, 0.2) is 48.5 Å². The van der Waals surface area contributed by atoms with Crippen molar-refractivity contribution in [1.82, 2.24) is 10.6 Å². The molecule has 0 heterocycles. The Labute approximate surface area is 188 Å². The second-order valence-corrected chi connectivity index (χ2v) is 7.25. The van der Waals surface area contributed by atoms with Gasteiger partial charge in [-0.2, -0.15) is 0 Å². The molecular formula is C23H29N3O4S. The summed E-state index contributed by atoms with van der Waals surface area (Å²) in [6.45, 7) is 2.68. The third kappa shape index (κ3) is 7.99. The quantitative estimate of drug-likeness (QED) is 0.313. The molecule has 0 aliphatic heterocycles. The number of carbonyl (C=O) groups excluding carboxylic acids is 2. The highest BCUT2D eigenvalue weighted by atomic mass is 32.1. The first kappa shape index (κ1) is 24.3. The Bertz CT molecular complexity index is 889. The second kappa shape index (κ2) is 13.4. The van der Waals surface area contributed by atoms with Crippen LogP contribution in [0.5, 0.6) is 5.75 Å². The van der Waals surface area contributed by atoms with Crippen molar-refractivity contribution in [3.8, 4) is 5.75 Å². The number of hydrogen-bond acceptors (Lipinski definition) is 5. The molecule has 2 amide bonds. The summed E-state index contributed by atoms with van der Waals surface area (Å²) in [5, 5.41) is 17.1. The molecule has 166 valence electrons. The average molecular weight is 444 g/mol. The zero-order valence-electron chi connectivity index (χ0n) is 17.6. The van der Waals surface area contributed by atoms with E-state index in [0.717, 1.165) is 25.7 Å². The summed E-state index contributed by atoms with van der Waals surface area (Å²) in [4.78, 5) is 25.0. The Morgan fingerprint density at radius 2 is 1.68 bits per heavy atom. The molecule has 4 N–H and O–H groups in total. The Morgan fingerprint density at radius 1 is 0.968 bits per heavy atom. The maximum atomic E-state index is 12.7. The van der Waals surface area contributed by atoms with E-state index in [1.54, 1.807) is 42.5 Å². The lowest BCUT2D eigenvalue weighted by atomic mass is 10.1. The zero-order chi connectivity index (χ0) is 22.5. The van der Waals surface area contributed by atoms with Gasteiger partial charge in [0.25, 0.3) is 11.8 Å². The van der Waals surface area contributed by atoms with Gasteiger partial charge in [0.1, 0.15) is 5.75 Å². The van der Waals surface area contributed by atoms with Gasteiger partial charge in [-0.15, -0.1) is 0 Å². The van der Waals surface area contributed by atoms with Crippen LogP contribution in [0, 0.1) is 0 Å². The normalized spacial score (nSPS) is 10.3. The topological polar surface area (TPSA) is 99.7 Å². The Balaban J connectivity index is 1.99. The van der Waals surface area contributed by atoms with E-state index in [4.69, 9.17) is 22.1 Å². The van der Waals surface area contributed by atoms with Gasteiger partial charge in [-0.05, 0) is 42.9 Å². The lowest BCUT2D eigenvalue weighted by Crippen LogP contribution is -2.35. The number of hydrogen-bond donors (Lipinski definition) is 4. The van der Waals surface area contributed by atoms with E-state index < -0.39 is 5.91 Å². The molecule has 0 bridgehead atoms. The van der Waals surface area contributed by atoms with Gasteiger partial charge in [0.05, 0.1) is 30.0 Å². The van der Waals surface area contributed by atoms with Crippen molar-refractivity contribution in [2.75, 3.05) is 25.1 Å². The molecule has 7 nitrogen and oxygen atoms in total. The summed E-state index contributed by atoms with van der Waals surface area (Å²) in [5.74, 6) is -0.250. The summed E-state index contributed by atoms with van der Waals surface area (Å²) in [6, 6.07) is 13.8. The molecule has 0 fully saturated rings. The number of amides is 2. The SMILES string of the molecule is CCCCCCOc1ccccc1C(=O)NC(=S)Nc1ccccc1C(=O)NCCO. The molecule has 0 saturated carbocycles. The predicted octanol–water partition coefficient (Wildman–Crippen LogP) is 3.49. The zero-order valence-corrected chi connectivity index (χ0v) is 18.5. The van der Waals surface area contributed by atoms with Gasteiger partial charge >= 0.3 is 0 Å². The first-order chi connectivity index (χ1) is 15.1. The largest absolute Gasteiger partial charge is 0.493 e. The molecule has 0 saturated heterocycles. The van der Waals surface area contributed by atoms with Crippen molar-refractivity contribution < 1.29 is 19.4 Å². The third-order valence-electron chi connectivity index (χ3n) is 4.43. The number of benzene rings is 2. The van der Waals surface area contributed by atoms with E-state index in [-0.39, 0.29) is 24.2 Å². The number of anilines is 1. The fourth-order valence-electron chi connectivity index (χ4n) is 2.87. The lowest BCUT2D eigenvalue weighted by molar-refractivity contribution is 0.0944. The number of aliphatic hydroxyl groups is 1. The number of para-hydroxylation sites is 2. The van der Waals surface area contributed by atoms with E-state index in [2.05, 4.69) is 22.9 Å².